The number of amides is 2. The minimum absolute atomic E-state index is 0.159. The van der Waals surface area contributed by atoms with E-state index in [-0.39, 0.29) is 5.69 Å². The lowest BCUT2D eigenvalue weighted by atomic mass is 10.2. The Morgan fingerprint density at radius 1 is 0.905 bits per heavy atom. The number of hydrogen-bond acceptors (Lipinski definition) is 2. The third-order valence-corrected chi connectivity index (χ3v) is 2.83. The Labute approximate surface area is 128 Å². The molecule has 21 heavy (non-hydrogen) atoms. The molecule has 0 fully saturated rings. The van der Waals surface area contributed by atoms with Crippen LogP contribution < -0.4 is 10.6 Å². The Balaban J connectivity index is 2.11. The molecule has 0 unspecified atom stereocenters. The number of carbonyl (C=O) groups excluding carboxylic acids is 1. The maximum absolute atomic E-state index is 13.1. The highest BCUT2D eigenvalue weighted by Gasteiger charge is 2.11. The van der Waals surface area contributed by atoms with Gasteiger partial charge in [-0.3, -0.25) is 0 Å². The molecular weight excluding hydrogens is 325 g/mol. The van der Waals surface area contributed by atoms with Gasteiger partial charge in [0.1, 0.15) is 0 Å². The summed E-state index contributed by atoms with van der Waals surface area (Å²) in [6, 6.07) is 5.19. The van der Waals surface area contributed by atoms with Crippen molar-refractivity contribution in [1.82, 2.24) is 0 Å². The molecule has 0 aliphatic carbocycles. The fourth-order valence-electron chi connectivity index (χ4n) is 1.56. The van der Waals surface area contributed by atoms with E-state index in [4.69, 9.17) is 28.3 Å². The molecule has 0 saturated carbocycles. The maximum atomic E-state index is 13.1. The molecule has 0 atom stereocenters. The van der Waals surface area contributed by atoms with Gasteiger partial charge in [0, 0.05) is 33.6 Å². The van der Waals surface area contributed by atoms with Crippen molar-refractivity contribution in [2.24, 2.45) is 0 Å². The second kappa shape index (κ2) is 6.15. The van der Waals surface area contributed by atoms with Gasteiger partial charge in [-0.15, -0.1) is 0 Å². The van der Waals surface area contributed by atoms with Crippen molar-refractivity contribution in [1.29, 1.82) is 0 Å². The van der Waals surface area contributed by atoms with Gasteiger partial charge in [-0.25, -0.2) is 13.6 Å². The quantitative estimate of drug-likeness (QED) is 0.702. The zero-order chi connectivity index (χ0) is 15.6. The molecule has 2 rings (SSSR count). The third kappa shape index (κ3) is 3.96. The molecule has 2 amide bonds. The topological polar surface area (TPSA) is 61.4 Å². The van der Waals surface area contributed by atoms with Crippen LogP contribution in [0, 0.1) is 11.6 Å². The number of halogens is 4. The van der Waals surface area contributed by atoms with E-state index in [1.165, 1.54) is 18.2 Å². The van der Waals surface area contributed by atoms with E-state index in [1.807, 2.05) is 0 Å². The first-order valence-corrected chi connectivity index (χ1v) is 6.33. The molecule has 2 aromatic carbocycles. The number of benzene rings is 2. The monoisotopic (exact) mass is 332 g/mol. The molecule has 0 aliphatic rings. The van der Waals surface area contributed by atoms with E-state index in [1.54, 1.807) is 0 Å². The lowest BCUT2D eigenvalue weighted by Gasteiger charge is -2.09. The largest absolute Gasteiger partial charge is 0.503 e. The average molecular weight is 333 g/mol. The molecule has 2 aromatic rings. The van der Waals surface area contributed by atoms with E-state index in [2.05, 4.69) is 10.6 Å². The summed E-state index contributed by atoms with van der Waals surface area (Å²) in [5.41, 5.74) is 0.151. The normalized spacial score (nSPS) is 10.3. The van der Waals surface area contributed by atoms with Crippen molar-refractivity contribution in [2.75, 3.05) is 10.6 Å². The number of aromatic hydroxyl groups is 1. The second-order valence-electron chi connectivity index (χ2n) is 4.03. The Hall–Kier alpha value is -2.05. The van der Waals surface area contributed by atoms with E-state index in [9.17, 15) is 13.6 Å². The van der Waals surface area contributed by atoms with Gasteiger partial charge in [0.2, 0.25) is 0 Å². The Morgan fingerprint density at radius 2 is 1.33 bits per heavy atom. The molecule has 4 nitrogen and oxygen atoms in total. The van der Waals surface area contributed by atoms with Crippen LogP contribution in [0.15, 0.2) is 30.3 Å². The summed E-state index contributed by atoms with van der Waals surface area (Å²) in [5, 5.41) is 14.2. The van der Waals surface area contributed by atoms with Gasteiger partial charge in [0.05, 0.1) is 0 Å². The summed E-state index contributed by atoms with van der Waals surface area (Å²) in [5.74, 6) is -3.48. The summed E-state index contributed by atoms with van der Waals surface area (Å²) in [7, 11) is 0. The molecule has 3 N–H and O–H groups in total. The number of phenolic OH excluding ortho intramolecular Hbond substituents is 1. The smallest absolute Gasteiger partial charge is 0.323 e. The van der Waals surface area contributed by atoms with Gasteiger partial charge in [-0.2, -0.15) is 0 Å². The van der Waals surface area contributed by atoms with E-state index in [0.29, 0.717) is 15.7 Å². The summed E-state index contributed by atoms with van der Waals surface area (Å²) in [6.07, 6.45) is 0. The van der Waals surface area contributed by atoms with Gasteiger partial charge in [-0.05, 0) is 18.2 Å². The standard InChI is InChI=1S/C13H8Cl2F2N2O2/c14-6-1-7(15)3-8(2-6)18-13(21)19-9-4-10(16)12(20)11(17)5-9/h1-5,20H,(H2,18,19,21). The molecule has 0 aromatic heterocycles. The Kier molecular flexibility index (Phi) is 4.50. The molecule has 8 heteroatoms. The number of hydrogen-bond donors (Lipinski definition) is 3. The highest BCUT2D eigenvalue weighted by molar-refractivity contribution is 6.35. The predicted molar refractivity (Wildman–Crippen MR) is 77.1 cm³/mol. The molecule has 0 aliphatic heterocycles. The van der Waals surface area contributed by atoms with Gasteiger partial charge in [-0.1, -0.05) is 23.2 Å². The van der Waals surface area contributed by atoms with Crippen molar-refractivity contribution in [3.05, 3.63) is 52.0 Å². The van der Waals surface area contributed by atoms with E-state index < -0.39 is 23.4 Å². The maximum Gasteiger partial charge on any atom is 0.323 e. The summed E-state index contributed by atoms with van der Waals surface area (Å²) >= 11 is 11.5. The molecule has 0 radical (unpaired) electrons. The third-order valence-electron chi connectivity index (χ3n) is 2.40. The van der Waals surface area contributed by atoms with Gasteiger partial charge < -0.3 is 15.7 Å². The van der Waals surface area contributed by atoms with E-state index >= 15 is 0 Å². The molecule has 0 bridgehead atoms. The van der Waals surface area contributed by atoms with Crippen LogP contribution in [0.2, 0.25) is 10.0 Å². The minimum atomic E-state index is -1.18. The molecule has 0 heterocycles. The van der Waals surface area contributed by atoms with E-state index in [0.717, 1.165) is 12.1 Å². The number of rotatable bonds is 2. The molecule has 0 spiro atoms. The fraction of sp³-hybridized carbons (Fsp3) is 0. The van der Waals surface area contributed by atoms with Crippen molar-refractivity contribution in [3.8, 4) is 5.75 Å². The van der Waals surface area contributed by atoms with Crippen molar-refractivity contribution >= 4 is 40.6 Å². The highest BCUT2D eigenvalue weighted by atomic mass is 35.5. The van der Waals surface area contributed by atoms with Crippen molar-refractivity contribution in [2.45, 2.75) is 0 Å². The first kappa shape index (κ1) is 15.3. The molecular formula is C13H8Cl2F2N2O2. The zero-order valence-electron chi connectivity index (χ0n) is 10.3. The Bertz CT molecular complexity index is 667. The SMILES string of the molecule is O=C(Nc1cc(Cl)cc(Cl)c1)Nc1cc(F)c(O)c(F)c1. The molecule has 110 valence electrons. The predicted octanol–water partition coefficient (Wildman–Crippen LogP) is 4.62. The van der Waals surface area contributed by atoms with Crippen LogP contribution in [0.1, 0.15) is 0 Å². The van der Waals surface area contributed by atoms with Crippen LogP contribution >= 0.6 is 23.2 Å². The first-order valence-electron chi connectivity index (χ1n) is 5.57. The van der Waals surface area contributed by atoms with Gasteiger partial charge in [0.25, 0.3) is 0 Å². The van der Waals surface area contributed by atoms with Crippen LogP contribution in [-0.2, 0) is 0 Å². The summed E-state index contributed by atoms with van der Waals surface area (Å²) in [4.78, 5) is 11.7. The lowest BCUT2D eigenvalue weighted by molar-refractivity contribution is 0.262. The number of nitrogens with one attached hydrogen (secondary N) is 2. The van der Waals surface area contributed by atoms with Crippen LogP contribution in [0.5, 0.6) is 5.75 Å². The summed E-state index contributed by atoms with van der Waals surface area (Å²) < 4.78 is 26.3. The summed E-state index contributed by atoms with van der Waals surface area (Å²) in [6.45, 7) is 0. The number of urea groups is 1. The van der Waals surface area contributed by atoms with Crippen molar-refractivity contribution < 1.29 is 18.7 Å². The second-order valence-corrected chi connectivity index (χ2v) is 4.90. The first-order chi connectivity index (χ1) is 9.85. The number of carbonyl (C=O) groups is 1. The van der Waals surface area contributed by atoms with Crippen molar-refractivity contribution in [3.63, 3.8) is 0 Å². The highest BCUT2D eigenvalue weighted by Crippen LogP contribution is 2.25. The van der Waals surface area contributed by atoms with Crippen LogP contribution in [0.3, 0.4) is 0 Å². The average Bonchev–Trinajstić information content (AvgIpc) is 2.34. The molecule has 0 saturated heterocycles. The van der Waals surface area contributed by atoms with Crippen LogP contribution in [0.4, 0.5) is 25.0 Å². The number of phenols is 1. The van der Waals surface area contributed by atoms with Gasteiger partial charge >= 0.3 is 6.03 Å². The minimum Gasteiger partial charge on any atom is -0.503 e. The zero-order valence-corrected chi connectivity index (χ0v) is 11.8. The fourth-order valence-corrected chi connectivity index (χ4v) is 2.08. The van der Waals surface area contributed by atoms with Crippen LogP contribution in [0.25, 0.3) is 0 Å². The van der Waals surface area contributed by atoms with Gasteiger partial charge in [0.15, 0.2) is 17.4 Å². The van der Waals surface area contributed by atoms with Crippen LogP contribution in [-0.4, -0.2) is 11.1 Å². The Morgan fingerprint density at radius 3 is 1.81 bits per heavy atom. The number of anilines is 2. The lowest BCUT2D eigenvalue weighted by Crippen LogP contribution is -2.19.